The predicted molar refractivity (Wildman–Crippen MR) is 209 cm³/mol. The summed E-state index contributed by atoms with van der Waals surface area (Å²) >= 11 is 1.78. The van der Waals surface area contributed by atoms with Crippen LogP contribution in [0.2, 0.25) is 0 Å². The van der Waals surface area contributed by atoms with Gasteiger partial charge in [-0.05, 0) is 48.0 Å². The molecule has 0 spiro atoms. The van der Waals surface area contributed by atoms with Gasteiger partial charge in [-0.15, -0.1) is 11.3 Å². The number of furan rings is 2. The SMILES string of the molecule is c1ccc(-c2nc(-c3ccc4c(c3)sc3cc(-c5cccc6c5oc5ccccc56)ccc34)nc(-c3ccc4oc5ccccc5c4c3)n2)cc1. The highest BCUT2D eigenvalue weighted by Crippen LogP contribution is 2.41. The summed E-state index contributed by atoms with van der Waals surface area (Å²) in [6.07, 6.45) is 0. The van der Waals surface area contributed by atoms with E-state index in [4.69, 9.17) is 23.8 Å². The monoisotopic (exact) mass is 671 g/mol. The summed E-state index contributed by atoms with van der Waals surface area (Å²) in [6.45, 7) is 0. The third kappa shape index (κ3) is 4.50. The van der Waals surface area contributed by atoms with Gasteiger partial charge in [-0.3, -0.25) is 0 Å². The molecule has 0 aliphatic rings. The van der Waals surface area contributed by atoms with Crippen LogP contribution in [0.5, 0.6) is 0 Å². The normalized spacial score (nSPS) is 11.9. The molecule has 0 aliphatic carbocycles. The van der Waals surface area contributed by atoms with Crippen molar-refractivity contribution in [2.24, 2.45) is 0 Å². The average molecular weight is 672 g/mol. The minimum absolute atomic E-state index is 0.617. The molecule has 238 valence electrons. The first-order valence-corrected chi connectivity index (χ1v) is 17.7. The molecule has 0 saturated heterocycles. The van der Waals surface area contributed by atoms with Crippen LogP contribution in [0.1, 0.15) is 0 Å². The third-order valence-corrected chi connectivity index (χ3v) is 10.9. The Morgan fingerprint density at radius 2 is 0.902 bits per heavy atom. The van der Waals surface area contributed by atoms with Crippen LogP contribution in [0.4, 0.5) is 0 Å². The lowest BCUT2D eigenvalue weighted by Gasteiger charge is -2.09. The van der Waals surface area contributed by atoms with E-state index in [9.17, 15) is 0 Å². The maximum absolute atomic E-state index is 6.37. The molecule has 0 N–H and O–H groups in total. The molecule has 0 fully saturated rings. The van der Waals surface area contributed by atoms with Gasteiger partial charge in [-0.1, -0.05) is 109 Å². The van der Waals surface area contributed by atoms with Gasteiger partial charge >= 0.3 is 0 Å². The fraction of sp³-hybridized carbons (Fsp3) is 0. The minimum atomic E-state index is 0.617. The second-order valence-electron chi connectivity index (χ2n) is 12.8. The molecule has 6 heteroatoms. The van der Waals surface area contributed by atoms with Crippen LogP contribution in [0, 0.1) is 0 Å². The van der Waals surface area contributed by atoms with Crippen LogP contribution in [0.15, 0.2) is 160 Å². The smallest absolute Gasteiger partial charge is 0.164 e. The Labute approximate surface area is 295 Å². The van der Waals surface area contributed by atoms with E-state index in [1.807, 2.05) is 72.8 Å². The molecule has 0 saturated carbocycles. The van der Waals surface area contributed by atoms with Crippen LogP contribution in [0.25, 0.3) is 109 Å². The quantitative estimate of drug-likeness (QED) is 0.186. The maximum Gasteiger partial charge on any atom is 0.164 e. The molecular formula is C45H25N3O2S. The van der Waals surface area contributed by atoms with E-state index in [0.29, 0.717) is 17.5 Å². The summed E-state index contributed by atoms with van der Waals surface area (Å²) in [5, 5.41) is 6.81. The molecule has 5 nitrogen and oxygen atoms in total. The number of hydrogen-bond acceptors (Lipinski definition) is 6. The van der Waals surface area contributed by atoms with Crippen molar-refractivity contribution in [2.45, 2.75) is 0 Å². The van der Waals surface area contributed by atoms with Crippen molar-refractivity contribution in [3.63, 3.8) is 0 Å². The highest BCUT2D eigenvalue weighted by Gasteiger charge is 2.17. The van der Waals surface area contributed by atoms with Gasteiger partial charge in [0.1, 0.15) is 22.3 Å². The molecule has 0 unspecified atom stereocenters. The molecule has 4 aromatic heterocycles. The van der Waals surface area contributed by atoms with Gasteiger partial charge in [0.15, 0.2) is 17.5 Å². The molecule has 11 aromatic rings. The highest BCUT2D eigenvalue weighted by atomic mass is 32.1. The van der Waals surface area contributed by atoms with Crippen LogP contribution in [0.3, 0.4) is 0 Å². The lowest BCUT2D eigenvalue weighted by Crippen LogP contribution is -2.00. The summed E-state index contributed by atoms with van der Waals surface area (Å²) in [6, 6.07) is 52.2. The molecule has 7 aromatic carbocycles. The van der Waals surface area contributed by atoms with Crippen molar-refractivity contribution in [1.82, 2.24) is 15.0 Å². The molecule has 11 rings (SSSR count). The zero-order chi connectivity index (χ0) is 33.5. The Hall–Kier alpha value is -6.63. The van der Waals surface area contributed by atoms with E-state index < -0.39 is 0 Å². The van der Waals surface area contributed by atoms with Crippen molar-refractivity contribution < 1.29 is 8.83 Å². The number of nitrogens with zero attached hydrogens (tertiary/aromatic N) is 3. The number of aromatic nitrogens is 3. The van der Waals surface area contributed by atoms with E-state index in [-0.39, 0.29) is 0 Å². The van der Waals surface area contributed by atoms with E-state index >= 15 is 0 Å². The zero-order valence-corrected chi connectivity index (χ0v) is 27.8. The lowest BCUT2D eigenvalue weighted by molar-refractivity contribution is 0.669. The molecule has 0 bridgehead atoms. The Morgan fingerprint density at radius 3 is 1.67 bits per heavy atom. The topological polar surface area (TPSA) is 65.0 Å². The van der Waals surface area contributed by atoms with Gasteiger partial charge in [0.2, 0.25) is 0 Å². The third-order valence-electron chi connectivity index (χ3n) is 9.75. The van der Waals surface area contributed by atoms with Gasteiger partial charge in [0, 0.05) is 64.0 Å². The molecule has 4 heterocycles. The fourth-order valence-electron chi connectivity index (χ4n) is 7.27. The van der Waals surface area contributed by atoms with Crippen LogP contribution >= 0.6 is 11.3 Å². The summed E-state index contributed by atoms with van der Waals surface area (Å²) in [7, 11) is 0. The summed E-state index contributed by atoms with van der Waals surface area (Å²) < 4.78 is 14.9. The van der Waals surface area contributed by atoms with Gasteiger partial charge in [-0.2, -0.15) is 0 Å². The standard InChI is InChI=1S/C45H25N3O2S/c1-2-9-26(10-3-1)43-46-44(28-19-22-39-36(23-28)32-12-5-6-15-37(32)49-39)48-45(47-43)29-18-21-34-33-20-17-27(24-40(33)51-41(34)25-29)30-13-8-14-35-31-11-4-7-16-38(31)50-42(30)35/h1-25H. The van der Waals surface area contributed by atoms with Crippen LogP contribution in [-0.2, 0) is 0 Å². The Morgan fingerprint density at radius 1 is 0.353 bits per heavy atom. The van der Waals surface area contributed by atoms with Crippen molar-refractivity contribution in [3.8, 4) is 45.3 Å². The molecule has 0 amide bonds. The van der Waals surface area contributed by atoms with Crippen molar-refractivity contribution in [1.29, 1.82) is 0 Å². The van der Waals surface area contributed by atoms with E-state index in [1.165, 1.54) is 20.2 Å². The molecule has 0 radical (unpaired) electrons. The first-order valence-electron chi connectivity index (χ1n) is 16.8. The van der Waals surface area contributed by atoms with Crippen LogP contribution in [-0.4, -0.2) is 15.0 Å². The summed E-state index contributed by atoms with van der Waals surface area (Å²) in [5.74, 6) is 1.88. The minimum Gasteiger partial charge on any atom is -0.456 e. The van der Waals surface area contributed by atoms with Crippen molar-refractivity contribution >= 4 is 75.4 Å². The molecule has 0 atom stereocenters. The van der Waals surface area contributed by atoms with E-state index in [0.717, 1.165) is 71.7 Å². The first kappa shape index (κ1) is 28.2. The van der Waals surface area contributed by atoms with Gasteiger partial charge in [0.05, 0.1) is 0 Å². The molecule has 0 aliphatic heterocycles. The number of benzene rings is 7. The van der Waals surface area contributed by atoms with Crippen molar-refractivity contribution in [2.75, 3.05) is 0 Å². The number of rotatable bonds is 4. The Kier molecular flexibility index (Phi) is 6.05. The molecule has 51 heavy (non-hydrogen) atoms. The Bertz CT molecular complexity index is 3160. The number of hydrogen-bond donors (Lipinski definition) is 0. The second kappa shape index (κ2) is 10.9. The van der Waals surface area contributed by atoms with E-state index in [2.05, 4.69) is 78.9 Å². The maximum atomic E-state index is 6.37. The van der Waals surface area contributed by atoms with E-state index in [1.54, 1.807) is 11.3 Å². The number of thiophene rings is 1. The van der Waals surface area contributed by atoms with Gasteiger partial charge < -0.3 is 8.83 Å². The van der Waals surface area contributed by atoms with Gasteiger partial charge in [-0.25, -0.2) is 15.0 Å². The second-order valence-corrected chi connectivity index (χ2v) is 13.9. The van der Waals surface area contributed by atoms with Crippen molar-refractivity contribution in [3.05, 3.63) is 152 Å². The largest absolute Gasteiger partial charge is 0.456 e. The fourth-order valence-corrected chi connectivity index (χ4v) is 8.46. The lowest BCUT2D eigenvalue weighted by atomic mass is 10.0. The highest BCUT2D eigenvalue weighted by molar-refractivity contribution is 7.25. The zero-order valence-electron chi connectivity index (χ0n) is 27.0. The summed E-state index contributed by atoms with van der Waals surface area (Å²) in [4.78, 5) is 15.1. The molecular weight excluding hydrogens is 647 g/mol. The first-order chi connectivity index (χ1) is 25.2. The Balaban J connectivity index is 1.04. The summed E-state index contributed by atoms with van der Waals surface area (Å²) in [5.41, 5.74) is 8.54. The average Bonchev–Trinajstić information content (AvgIpc) is 3.88. The predicted octanol–water partition coefficient (Wildman–Crippen LogP) is 12.7. The number of fused-ring (bicyclic) bond motifs is 9. The number of para-hydroxylation sites is 3. The van der Waals surface area contributed by atoms with Crippen LogP contribution < -0.4 is 0 Å². The van der Waals surface area contributed by atoms with Gasteiger partial charge in [0.25, 0.3) is 0 Å².